The van der Waals surface area contributed by atoms with Crippen LogP contribution in [0.3, 0.4) is 0 Å². The average Bonchev–Trinajstić information content (AvgIpc) is 3.29. The molecular formula is C19H19N5O2. The lowest BCUT2D eigenvalue weighted by molar-refractivity contribution is -0.120. The number of rotatable bonds is 5. The van der Waals surface area contributed by atoms with Crippen LogP contribution in [-0.4, -0.2) is 40.0 Å². The molecule has 0 spiro atoms. The fourth-order valence-electron chi connectivity index (χ4n) is 3.14. The fourth-order valence-corrected chi connectivity index (χ4v) is 3.14. The summed E-state index contributed by atoms with van der Waals surface area (Å²) in [7, 11) is 3.29. The first-order valence-electron chi connectivity index (χ1n) is 8.38. The van der Waals surface area contributed by atoms with Gasteiger partial charge in [0.1, 0.15) is 17.7 Å². The molecule has 0 aliphatic heterocycles. The topological polar surface area (TPSA) is 95.7 Å². The zero-order valence-corrected chi connectivity index (χ0v) is 14.6. The van der Waals surface area contributed by atoms with Crippen LogP contribution in [0.2, 0.25) is 0 Å². The molecule has 1 amide bonds. The Morgan fingerprint density at radius 1 is 1.23 bits per heavy atom. The monoisotopic (exact) mass is 349 g/mol. The van der Waals surface area contributed by atoms with Crippen LogP contribution in [0.15, 0.2) is 36.8 Å². The first kappa shape index (κ1) is 16.1. The molecule has 7 heteroatoms. The standard InChI is InChI=1S/C19H19N5O2/c1-20-18(25)6-5-16-13-8-17(24-19(13)23-10-22-16)14-9-21-15-4-3-11(26-2)7-12(14)15/h3-4,7-10,21H,5-6H2,1-2H3,(H,20,25)(H,22,23,24). The summed E-state index contributed by atoms with van der Waals surface area (Å²) in [5, 5.41) is 4.64. The largest absolute Gasteiger partial charge is 0.497 e. The van der Waals surface area contributed by atoms with E-state index in [0.29, 0.717) is 12.8 Å². The zero-order chi connectivity index (χ0) is 18.1. The predicted octanol–water partition coefficient (Wildman–Crippen LogP) is 2.79. The number of amides is 1. The Morgan fingerprint density at radius 2 is 2.12 bits per heavy atom. The van der Waals surface area contributed by atoms with Gasteiger partial charge in [0.15, 0.2) is 0 Å². The van der Waals surface area contributed by atoms with Crippen molar-refractivity contribution in [2.75, 3.05) is 14.2 Å². The number of hydrogen-bond donors (Lipinski definition) is 3. The minimum absolute atomic E-state index is 0.00348. The predicted molar refractivity (Wildman–Crippen MR) is 100 cm³/mol. The number of fused-ring (bicyclic) bond motifs is 2. The maximum absolute atomic E-state index is 11.5. The van der Waals surface area contributed by atoms with Gasteiger partial charge in [-0.2, -0.15) is 0 Å². The van der Waals surface area contributed by atoms with E-state index in [4.69, 9.17) is 4.74 Å². The van der Waals surface area contributed by atoms with Crippen molar-refractivity contribution in [1.82, 2.24) is 25.3 Å². The van der Waals surface area contributed by atoms with E-state index in [1.165, 1.54) is 6.33 Å². The highest BCUT2D eigenvalue weighted by Crippen LogP contribution is 2.32. The van der Waals surface area contributed by atoms with Gasteiger partial charge < -0.3 is 20.0 Å². The number of ether oxygens (including phenoxy) is 1. The smallest absolute Gasteiger partial charge is 0.220 e. The summed E-state index contributed by atoms with van der Waals surface area (Å²) < 4.78 is 5.34. The van der Waals surface area contributed by atoms with E-state index in [0.717, 1.165) is 44.6 Å². The van der Waals surface area contributed by atoms with Crippen LogP contribution >= 0.6 is 0 Å². The fraction of sp³-hybridized carbons (Fsp3) is 0.211. The van der Waals surface area contributed by atoms with E-state index < -0.39 is 0 Å². The summed E-state index contributed by atoms with van der Waals surface area (Å²) in [5.41, 5.74) is 4.64. The Kier molecular flexibility index (Phi) is 4.04. The van der Waals surface area contributed by atoms with Crippen LogP contribution in [0.4, 0.5) is 0 Å². The second-order valence-corrected chi connectivity index (χ2v) is 6.05. The number of benzene rings is 1. The molecule has 0 saturated heterocycles. The van der Waals surface area contributed by atoms with Crippen molar-refractivity contribution in [1.29, 1.82) is 0 Å². The summed E-state index contributed by atoms with van der Waals surface area (Å²) in [4.78, 5) is 26.9. The maximum atomic E-state index is 11.5. The van der Waals surface area contributed by atoms with E-state index in [-0.39, 0.29) is 5.91 Å². The molecule has 0 radical (unpaired) electrons. The molecule has 3 N–H and O–H groups in total. The van der Waals surface area contributed by atoms with Crippen LogP contribution in [0, 0.1) is 0 Å². The Balaban J connectivity index is 1.77. The summed E-state index contributed by atoms with van der Waals surface area (Å²) in [5.74, 6) is 0.803. The van der Waals surface area contributed by atoms with E-state index in [1.54, 1.807) is 14.2 Å². The van der Waals surface area contributed by atoms with Crippen molar-refractivity contribution < 1.29 is 9.53 Å². The highest BCUT2D eigenvalue weighted by molar-refractivity contribution is 5.98. The Bertz CT molecular complexity index is 1100. The van der Waals surface area contributed by atoms with E-state index in [1.807, 2.05) is 30.5 Å². The second kappa shape index (κ2) is 6.51. The van der Waals surface area contributed by atoms with E-state index in [9.17, 15) is 4.79 Å². The molecule has 0 saturated carbocycles. The molecule has 26 heavy (non-hydrogen) atoms. The van der Waals surface area contributed by atoms with Crippen LogP contribution < -0.4 is 10.1 Å². The third-order valence-electron chi connectivity index (χ3n) is 4.55. The van der Waals surface area contributed by atoms with Gasteiger partial charge >= 0.3 is 0 Å². The molecule has 4 rings (SSSR count). The average molecular weight is 349 g/mol. The number of hydrogen-bond acceptors (Lipinski definition) is 4. The van der Waals surface area contributed by atoms with Crippen molar-refractivity contribution in [2.45, 2.75) is 12.8 Å². The third kappa shape index (κ3) is 2.77. The van der Waals surface area contributed by atoms with Gasteiger partial charge in [-0.05, 0) is 30.7 Å². The molecule has 7 nitrogen and oxygen atoms in total. The number of aryl methyl sites for hydroxylation is 1. The van der Waals surface area contributed by atoms with Crippen molar-refractivity contribution in [3.8, 4) is 17.0 Å². The van der Waals surface area contributed by atoms with Gasteiger partial charge in [-0.1, -0.05) is 0 Å². The van der Waals surface area contributed by atoms with Crippen LogP contribution in [0.5, 0.6) is 5.75 Å². The molecule has 0 fully saturated rings. The van der Waals surface area contributed by atoms with Gasteiger partial charge in [0.05, 0.1) is 12.8 Å². The third-order valence-corrected chi connectivity index (χ3v) is 4.55. The van der Waals surface area contributed by atoms with Crippen LogP contribution in [0.1, 0.15) is 12.1 Å². The van der Waals surface area contributed by atoms with Gasteiger partial charge in [0.2, 0.25) is 5.91 Å². The summed E-state index contributed by atoms with van der Waals surface area (Å²) in [6.45, 7) is 0. The van der Waals surface area contributed by atoms with E-state index >= 15 is 0 Å². The second-order valence-electron chi connectivity index (χ2n) is 6.05. The number of nitrogens with zero attached hydrogens (tertiary/aromatic N) is 2. The molecule has 4 aromatic rings. The van der Waals surface area contributed by atoms with Gasteiger partial charge in [-0.3, -0.25) is 4.79 Å². The van der Waals surface area contributed by atoms with Gasteiger partial charge in [0, 0.05) is 47.2 Å². The lowest BCUT2D eigenvalue weighted by Crippen LogP contribution is -2.18. The lowest BCUT2D eigenvalue weighted by atomic mass is 10.1. The normalized spacial score (nSPS) is 11.2. The molecule has 1 aromatic carbocycles. The molecule has 132 valence electrons. The maximum Gasteiger partial charge on any atom is 0.220 e. The summed E-state index contributed by atoms with van der Waals surface area (Å²) in [6, 6.07) is 7.96. The first-order valence-corrected chi connectivity index (χ1v) is 8.38. The number of methoxy groups -OCH3 is 1. The number of H-pyrrole nitrogens is 2. The minimum atomic E-state index is -0.00348. The van der Waals surface area contributed by atoms with Crippen molar-refractivity contribution in [3.63, 3.8) is 0 Å². The molecule has 0 atom stereocenters. The molecule has 0 unspecified atom stereocenters. The molecule has 3 aromatic heterocycles. The highest BCUT2D eigenvalue weighted by atomic mass is 16.5. The molecule has 0 aliphatic carbocycles. The summed E-state index contributed by atoms with van der Waals surface area (Å²) >= 11 is 0. The Hall–Kier alpha value is -3.35. The van der Waals surface area contributed by atoms with Crippen molar-refractivity contribution >= 4 is 27.8 Å². The molecule has 0 aliphatic rings. The van der Waals surface area contributed by atoms with Gasteiger partial charge in [0.25, 0.3) is 0 Å². The zero-order valence-electron chi connectivity index (χ0n) is 14.6. The molecular weight excluding hydrogens is 330 g/mol. The van der Waals surface area contributed by atoms with Gasteiger partial charge in [-0.25, -0.2) is 9.97 Å². The summed E-state index contributed by atoms with van der Waals surface area (Å²) in [6.07, 6.45) is 4.46. The van der Waals surface area contributed by atoms with Crippen LogP contribution in [-0.2, 0) is 11.2 Å². The number of carbonyl (C=O) groups is 1. The van der Waals surface area contributed by atoms with Crippen molar-refractivity contribution in [2.24, 2.45) is 0 Å². The molecule has 0 bridgehead atoms. The van der Waals surface area contributed by atoms with Gasteiger partial charge in [-0.15, -0.1) is 0 Å². The number of aromatic nitrogens is 4. The highest BCUT2D eigenvalue weighted by Gasteiger charge is 2.13. The number of aromatic amines is 2. The Labute approximate surface area is 149 Å². The number of nitrogens with one attached hydrogen (secondary N) is 3. The SMILES string of the molecule is CNC(=O)CCc1ncnc2[nH]c(-c3c[nH]c4ccc(OC)cc34)cc12. The Morgan fingerprint density at radius 3 is 2.92 bits per heavy atom. The number of carbonyl (C=O) groups excluding carboxylic acids is 1. The van der Waals surface area contributed by atoms with Crippen LogP contribution in [0.25, 0.3) is 33.2 Å². The quantitative estimate of drug-likeness (QED) is 0.516. The van der Waals surface area contributed by atoms with E-state index in [2.05, 4.69) is 25.3 Å². The first-order chi connectivity index (χ1) is 12.7. The van der Waals surface area contributed by atoms with Crippen molar-refractivity contribution in [3.05, 3.63) is 42.5 Å². The lowest BCUT2D eigenvalue weighted by Gasteiger charge is -2.01. The molecule has 3 heterocycles. The minimum Gasteiger partial charge on any atom is -0.497 e.